The Morgan fingerprint density at radius 1 is 0.967 bits per heavy atom. The van der Waals surface area contributed by atoms with E-state index in [9.17, 15) is 14.4 Å². The number of nitrogens with one attached hydrogen (secondary N) is 2. The molecule has 0 saturated heterocycles. The fourth-order valence-electron chi connectivity index (χ4n) is 2.95. The van der Waals surface area contributed by atoms with E-state index < -0.39 is 18.0 Å². The fourth-order valence-corrected chi connectivity index (χ4v) is 2.95. The summed E-state index contributed by atoms with van der Waals surface area (Å²) >= 11 is 0. The Morgan fingerprint density at radius 3 is 2.13 bits per heavy atom. The molecule has 0 fully saturated rings. The van der Waals surface area contributed by atoms with E-state index in [4.69, 9.17) is 9.47 Å². The van der Waals surface area contributed by atoms with E-state index in [-0.39, 0.29) is 16.8 Å². The van der Waals surface area contributed by atoms with Gasteiger partial charge in [-0.15, -0.1) is 0 Å². The molecule has 30 heavy (non-hydrogen) atoms. The molecule has 0 heterocycles. The van der Waals surface area contributed by atoms with Crippen LogP contribution in [0.2, 0.25) is 0 Å². The predicted octanol–water partition coefficient (Wildman–Crippen LogP) is 3.22. The standard InChI is InChI=1S/C22H27N3O5/c1-5-25(19-8-6-7-15(2)11-19)10-9-23-22(28)24-18-13-16(20(26)29-3)12-17(14-18)21(27)30-4/h6-8,11-14H,5,9-10H2,1-4H3,(H2,23,24,28). The molecule has 0 radical (unpaired) electrons. The van der Waals surface area contributed by atoms with Crippen molar-refractivity contribution in [3.63, 3.8) is 0 Å². The minimum absolute atomic E-state index is 0.132. The van der Waals surface area contributed by atoms with Crippen molar-refractivity contribution in [3.8, 4) is 0 Å². The van der Waals surface area contributed by atoms with Crippen LogP contribution in [0.25, 0.3) is 0 Å². The number of urea groups is 1. The van der Waals surface area contributed by atoms with E-state index in [2.05, 4.69) is 28.5 Å². The lowest BCUT2D eigenvalue weighted by Crippen LogP contribution is -2.37. The second kappa shape index (κ2) is 10.8. The normalized spacial score (nSPS) is 10.1. The zero-order chi connectivity index (χ0) is 22.1. The van der Waals surface area contributed by atoms with Crippen LogP contribution in [0.5, 0.6) is 0 Å². The number of aryl methyl sites for hydroxylation is 1. The summed E-state index contributed by atoms with van der Waals surface area (Å²) < 4.78 is 9.39. The molecule has 2 N–H and O–H groups in total. The summed E-state index contributed by atoms with van der Waals surface area (Å²) in [6, 6.07) is 11.9. The van der Waals surface area contributed by atoms with Gasteiger partial charge in [-0.3, -0.25) is 0 Å². The highest BCUT2D eigenvalue weighted by atomic mass is 16.5. The second-order valence-electron chi connectivity index (χ2n) is 6.58. The van der Waals surface area contributed by atoms with Crippen molar-refractivity contribution >= 4 is 29.3 Å². The van der Waals surface area contributed by atoms with Gasteiger partial charge in [0.1, 0.15) is 0 Å². The summed E-state index contributed by atoms with van der Waals surface area (Å²) in [5.41, 5.74) is 2.80. The monoisotopic (exact) mass is 413 g/mol. The molecular formula is C22H27N3O5. The number of esters is 2. The van der Waals surface area contributed by atoms with Gasteiger partial charge >= 0.3 is 18.0 Å². The van der Waals surface area contributed by atoms with Crippen molar-refractivity contribution < 1.29 is 23.9 Å². The molecule has 8 nitrogen and oxygen atoms in total. The largest absolute Gasteiger partial charge is 0.465 e. The Kier molecular flexibility index (Phi) is 8.22. The maximum Gasteiger partial charge on any atom is 0.337 e. The number of carbonyl (C=O) groups is 3. The van der Waals surface area contributed by atoms with Crippen LogP contribution in [0.1, 0.15) is 33.2 Å². The second-order valence-corrected chi connectivity index (χ2v) is 6.58. The average molecular weight is 413 g/mol. The maximum atomic E-state index is 12.3. The molecule has 160 valence electrons. The molecule has 8 heteroatoms. The third-order valence-corrected chi connectivity index (χ3v) is 4.45. The van der Waals surface area contributed by atoms with Crippen LogP contribution in [0, 0.1) is 6.92 Å². The van der Waals surface area contributed by atoms with E-state index >= 15 is 0 Å². The van der Waals surface area contributed by atoms with E-state index in [0.29, 0.717) is 13.1 Å². The first kappa shape index (κ1) is 22.7. The lowest BCUT2D eigenvalue weighted by molar-refractivity contribution is 0.0599. The molecule has 0 unspecified atom stereocenters. The number of anilines is 2. The molecule has 2 rings (SSSR count). The van der Waals surface area contributed by atoms with Crippen molar-refractivity contribution in [1.29, 1.82) is 0 Å². The molecule has 0 aliphatic heterocycles. The molecule has 0 spiro atoms. The zero-order valence-corrected chi connectivity index (χ0v) is 17.7. The SMILES string of the molecule is CCN(CCNC(=O)Nc1cc(C(=O)OC)cc(C(=O)OC)c1)c1cccc(C)c1. The Morgan fingerprint density at radius 2 is 1.60 bits per heavy atom. The highest BCUT2D eigenvalue weighted by Crippen LogP contribution is 2.17. The highest BCUT2D eigenvalue weighted by molar-refractivity contribution is 5.99. The first-order valence-electron chi connectivity index (χ1n) is 9.56. The third-order valence-electron chi connectivity index (χ3n) is 4.45. The first-order valence-corrected chi connectivity index (χ1v) is 9.56. The van der Waals surface area contributed by atoms with Crippen molar-refractivity contribution in [1.82, 2.24) is 5.32 Å². The number of hydrogen-bond acceptors (Lipinski definition) is 6. The minimum Gasteiger partial charge on any atom is -0.465 e. The molecular weight excluding hydrogens is 386 g/mol. The van der Waals surface area contributed by atoms with E-state index in [1.54, 1.807) is 0 Å². The van der Waals surface area contributed by atoms with Crippen molar-refractivity contribution in [2.24, 2.45) is 0 Å². The number of ether oxygens (including phenoxy) is 2. The minimum atomic E-state index is -0.624. The van der Waals surface area contributed by atoms with Gasteiger partial charge in [0, 0.05) is 31.0 Å². The fraction of sp³-hybridized carbons (Fsp3) is 0.318. The topological polar surface area (TPSA) is 97.0 Å². The summed E-state index contributed by atoms with van der Waals surface area (Å²) in [7, 11) is 2.47. The lowest BCUT2D eigenvalue weighted by Gasteiger charge is -2.23. The molecule has 0 saturated carbocycles. The Balaban J connectivity index is 2.01. The molecule has 0 aliphatic rings. The van der Waals surface area contributed by atoms with Gasteiger partial charge in [-0.05, 0) is 49.7 Å². The zero-order valence-electron chi connectivity index (χ0n) is 17.7. The van der Waals surface area contributed by atoms with Gasteiger partial charge in [0.25, 0.3) is 0 Å². The van der Waals surface area contributed by atoms with Crippen LogP contribution in [-0.4, -0.2) is 51.8 Å². The van der Waals surface area contributed by atoms with Crippen LogP contribution in [0.4, 0.5) is 16.2 Å². The van der Waals surface area contributed by atoms with Gasteiger partial charge in [0.05, 0.1) is 25.3 Å². The number of amides is 2. The van der Waals surface area contributed by atoms with Crippen LogP contribution in [-0.2, 0) is 9.47 Å². The van der Waals surface area contributed by atoms with Gasteiger partial charge in [-0.1, -0.05) is 12.1 Å². The molecule has 2 aromatic rings. The summed E-state index contributed by atoms with van der Waals surface area (Å²) in [6.45, 7) is 5.93. The van der Waals surface area contributed by atoms with Crippen LogP contribution in [0.3, 0.4) is 0 Å². The molecule has 2 amide bonds. The Hall–Kier alpha value is -3.55. The number of methoxy groups -OCH3 is 2. The number of rotatable bonds is 8. The summed E-state index contributed by atoms with van der Waals surface area (Å²) in [6.07, 6.45) is 0. The van der Waals surface area contributed by atoms with Gasteiger partial charge in [0.15, 0.2) is 0 Å². The number of carbonyl (C=O) groups excluding carboxylic acids is 3. The van der Waals surface area contributed by atoms with E-state index in [1.165, 1.54) is 38.0 Å². The van der Waals surface area contributed by atoms with Crippen molar-refractivity contribution in [2.45, 2.75) is 13.8 Å². The molecule has 0 aromatic heterocycles. The smallest absolute Gasteiger partial charge is 0.337 e. The first-order chi connectivity index (χ1) is 14.4. The number of benzene rings is 2. The number of nitrogens with zero attached hydrogens (tertiary/aromatic N) is 1. The molecule has 2 aromatic carbocycles. The van der Waals surface area contributed by atoms with Crippen LogP contribution < -0.4 is 15.5 Å². The summed E-state index contributed by atoms with van der Waals surface area (Å²) in [5, 5.41) is 5.42. The number of likely N-dealkylation sites (N-methyl/N-ethyl adjacent to an activating group) is 1. The van der Waals surface area contributed by atoms with Gasteiger partial charge < -0.3 is 25.0 Å². The van der Waals surface area contributed by atoms with Gasteiger partial charge in [0.2, 0.25) is 0 Å². The summed E-state index contributed by atoms with van der Waals surface area (Å²) in [4.78, 5) is 38.1. The Labute approximate surface area is 176 Å². The molecule has 0 bridgehead atoms. The maximum absolute atomic E-state index is 12.3. The van der Waals surface area contributed by atoms with Gasteiger partial charge in [-0.25, -0.2) is 14.4 Å². The van der Waals surface area contributed by atoms with Crippen LogP contribution in [0.15, 0.2) is 42.5 Å². The van der Waals surface area contributed by atoms with Crippen molar-refractivity contribution in [2.75, 3.05) is 44.1 Å². The third kappa shape index (κ3) is 6.23. The van der Waals surface area contributed by atoms with E-state index in [1.807, 2.05) is 25.1 Å². The average Bonchev–Trinajstić information content (AvgIpc) is 2.75. The van der Waals surface area contributed by atoms with Crippen LogP contribution >= 0.6 is 0 Å². The Bertz CT molecular complexity index is 879. The highest BCUT2D eigenvalue weighted by Gasteiger charge is 2.15. The molecule has 0 atom stereocenters. The van der Waals surface area contributed by atoms with E-state index in [0.717, 1.165) is 12.2 Å². The summed E-state index contributed by atoms with van der Waals surface area (Å²) in [5.74, 6) is -1.25. The quantitative estimate of drug-likeness (QED) is 0.645. The van der Waals surface area contributed by atoms with Crippen molar-refractivity contribution in [3.05, 3.63) is 59.2 Å². The number of hydrogen-bond donors (Lipinski definition) is 2. The predicted molar refractivity (Wildman–Crippen MR) is 115 cm³/mol. The lowest BCUT2D eigenvalue weighted by atomic mass is 10.1. The molecule has 0 aliphatic carbocycles. The van der Waals surface area contributed by atoms with Gasteiger partial charge in [-0.2, -0.15) is 0 Å².